The molecule has 0 bridgehead atoms. The number of unbranched alkanes of at least 4 members (excludes halogenated alkanes) is 3. The highest BCUT2D eigenvalue weighted by atomic mass is 16.3. The van der Waals surface area contributed by atoms with Crippen LogP contribution in [0.3, 0.4) is 0 Å². The van der Waals surface area contributed by atoms with Crippen molar-refractivity contribution >= 4 is 6.03 Å². The van der Waals surface area contributed by atoms with Crippen LogP contribution in [0.1, 0.15) is 70.9 Å². The molecule has 3 N–H and O–H groups in total. The molecular formula is C25H36N2O2. The highest BCUT2D eigenvalue weighted by Gasteiger charge is 2.22. The van der Waals surface area contributed by atoms with E-state index in [1.165, 1.54) is 25.7 Å². The van der Waals surface area contributed by atoms with Gasteiger partial charge < -0.3 is 15.7 Å². The summed E-state index contributed by atoms with van der Waals surface area (Å²) in [5.74, 6) is 0.287. The number of rotatable bonds is 10. The summed E-state index contributed by atoms with van der Waals surface area (Å²) in [6.45, 7) is 9.61. The fraction of sp³-hybridized carbons (Fsp3) is 0.480. The van der Waals surface area contributed by atoms with E-state index in [9.17, 15) is 9.90 Å². The normalized spacial score (nSPS) is 11.3. The number of hydrogen-bond donors (Lipinski definition) is 3. The molecule has 2 amide bonds. The average molecular weight is 397 g/mol. The van der Waals surface area contributed by atoms with Crippen LogP contribution in [0.4, 0.5) is 4.79 Å². The van der Waals surface area contributed by atoms with Crippen molar-refractivity contribution in [3.8, 4) is 16.9 Å². The van der Waals surface area contributed by atoms with Gasteiger partial charge in [0.25, 0.3) is 0 Å². The molecule has 2 rings (SSSR count). The van der Waals surface area contributed by atoms with E-state index in [-0.39, 0.29) is 17.2 Å². The summed E-state index contributed by atoms with van der Waals surface area (Å²) in [5.41, 5.74) is 3.90. The van der Waals surface area contributed by atoms with Crippen molar-refractivity contribution < 1.29 is 9.90 Å². The molecule has 0 spiro atoms. The van der Waals surface area contributed by atoms with Gasteiger partial charge >= 0.3 is 6.03 Å². The summed E-state index contributed by atoms with van der Waals surface area (Å²) in [4.78, 5) is 11.7. The van der Waals surface area contributed by atoms with E-state index in [1.54, 1.807) is 0 Å². The second-order valence-electron chi connectivity index (χ2n) is 8.30. The quantitative estimate of drug-likeness (QED) is 0.423. The third-order valence-electron chi connectivity index (χ3n) is 5.52. The lowest BCUT2D eigenvalue weighted by Gasteiger charge is -2.26. The first-order valence-electron chi connectivity index (χ1n) is 10.8. The Hall–Kier alpha value is -2.49. The fourth-order valence-corrected chi connectivity index (χ4v) is 3.65. The topological polar surface area (TPSA) is 61.4 Å². The number of phenols is 1. The zero-order valence-corrected chi connectivity index (χ0v) is 18.3. The summed E-state index contributed by atoms with van der Waals surface area (Å²) in [5, 5.41) is 16.4. The zero-order chi connectivity index (χ0) is 21.3. The number of amides is 2. The van der Waals surface area contributed by atoms with Crippen LogP contribution in [-0.4, -0.2) is 17.7 Å². The lowest BCUT2D eigenvalue weighted by atomic mass is 9.79. The Bertz CT molecular complexity index is 799. The van der Waals surface area contributed by atoms with Gasteiger partial charge in [-0.25, -0.2) is 4.79 Å². The fourth-order valence-electron chi connectivity index (χ4n) is 3.65. The van der Waals surface area contributed by atoms with Gasteiger partial charge in [-0.2, -0.15) is 0 Å². The third-order valence-corrected chi connectivity index (χ3v) is 5.52. The molecule has 158 valence electrons. The summed E-state index contributed by atoms with van der Waals surface area (Å²) >= 11 is 0. The van der Waals surface area contributed by atoms with Gasteiger partial charge in [0.05, 0.1) is 0 Å². The van der Waals surface area contributed by atoms with Crippen LogP contribution in [0.25, 0.3) is 11.1 Å². The van der Waals surface area contributed by atoms with Gasteiger partial charge in [-0.3, -0.25) is 0 Å². The molecular weight excluding hydrogens is 360 g/mol. The van der Waals surface area contributed by atoms with Gasteiger partial charge in [-0.05, 0) is 41.5 Å². The monoisotopic (exact) mass is 396 g/mol. The van der Waals surface area contributed by atoms with Crippen LogP contribution in [0.5, 0.6) is 5.75 Å². The van der Waals surface area contributed by atoms with E-state index < -0.39 is 0 Å². The zero-order valence-electron chi connectivity index (χ0n) is 18.3. The van der Waals surface area contributed by atoms with Crippen molar-refractivity contribution in [2.75, 3.05) is 6.54 Å². The summed E-state index contributed by atoms with van der Waals surface area (Å²) in [6, 6.07) is 13.7. The predicted molar refractivity (Wildman–Crippen MR) is 121 cm³/mol. The molecule has 2 aromatic carbocycles. The first-order chi connectivity index (χ1) is 13.9. The molecule has 0 aliphatic carbocycles. The Morgan fingerprint density at radius 2 is 1.72 bits per heavy atom. The van der Waals surface area contributed by atoms with Crippen LogP contribution < -0.4 is 10.6 Å². The number of carbonyl (C=O) groups is 1. The van der Waals surface area contributed by atoms with Crippen LogP contribution in [0.15, 0.2) is 42.5 Å². The van der Waals surface area contributed by atoms with Gasteiger partial charge in [-0.1, -0.05) is 82.9 Å². The predicted octanol–water partition coefficient (Wildman–Crippen LogP) is 6.13. The number of urea groups is 1. The molecule has 29 heavy (non-hydrogen) atoms. The first-order valence-corrected chi connectivity index (χ1v) is 10.8. The highest BCUT2D eigenvalue weighted by molar-refractivity contribution is 5.76. The molecule has 0 aliphatic heterocycles. The van der Waals surface area contributed by atoms with Gasteiger partial charge in [0.1, 0.15) is 5.75 Å². The minimum absolute atomic E-state index is 0.0308. The van der Waals surface area contributed by atoms with Crippen LogP contribution in [0, 0.1) is 0 Å². The summed E-state index contributed by atoms with van der Waals surface area (Å²) in [7, 11) is 0. The Labute approximate surface area is 175 Å². The second kappa shape index (κ2) is 10.9. The molecule has 4 heteroatoms. The highest BCUT2D eigenvalue weighted by Crippen LogP contribution is 2.37. The average Bonchev–Trinajstić information content (AvgIpc) is 2.70. The lowest BCUT2D eigenvalue weighted by molar-refractivity contribution is 0.241. The van der Waals surface area contributed by atoms with Crippen molar-refractivity contribution in [3.05, 3.63) is 53.6 Å². The van der Waals surface area contributed by atoms with Crippen molar-refractivity contribution in [2.24, 2.45) is 0 Å². The molecule has 0 atom stereocenters. The van der Waals surface area contributed by atoms with Crippen molar-refractivity contribution in [2.45, 2.75) is 71.8 Å². The van der Waals surface area contributed by atoms with Gasteiger partial charge in [-0.15, -0.1) is 0 Å². The SMILES string of the molecule is CCCCCCC(C)(C)c1ccc(-c2ccccc2CNC(=O)NCC)c(O)c1. The van der Waals surface area contributed by atoms with E-state index >= 15 is 0 Å². The van der Waals surface area contributed by atoms with Crippen LogP contribution >= 0.6 is 0 Å². The minimum atomic E-state index is -0.188. The Balaban J connectivity index is 2.19. The summed E-state index contributed by atoms with van der Waals surface area (Å²) < 4.78 is 0. The number of hydrogen-bond acceptors (Lipinski definition) is 2. The van der Waals surface area contributed by atoms with Gasteiger partial charge in [0, 0.05) is 18.7 Å². The molecule has 0 heterocycles. The maximum atomic E-state index is 11.7. The Morgan fingerprint density at radius 1 is 0.966 bits per heavy atom. The first kappa shape index (κ1) is 22.8. The number of carbonyl (C=O) groups excluding carboxylic acids is 1. The molecule has 0 aliphatic rings. The number of benzene rings is 2. The van der Waals surface area contributed by atoms with E-state index in [1.807, 2.05) is 43.3 Å². The molecule has 0 saturated carbocycles. The van der Waals surface area contributed by atoms with E-state index in [4.69, 9.17) is 0 Å². The van der Waals surface area contributed by atoms with Gasteiger partial charge in [0.15, 0.2) is 0 Å². The van der Waals surface area contributed by atoms with Gasteiger partial charge in [0.2, 0.25) is 0 Å². The van der Waals surface area contributed by atoms with E-state index in [0.29, 0.717) is 13.1 Å². The van der Waals surface area contributed by atoms with Crippen molar-refractivity contribution in [1.29, 1.82) is 0 Å². The van der Waals surface area contributed by atoms with Crippen LogP contribution in [0.2, 0.25) is 0 Å². The van der Waals surface area contributed by atoms with Crippen molar-refractivity contribution in [1.82, 2.24) is 10.6 Å². The van der Waals surface area contributed by atoms with Crippen molar-refractivity contribution in [3.63, 3.8) is 0 Å². The molecule has 0 fully saturated rings. The second-order valence-corrected chi connectivity index (χ2v) is 8.30. The molecule has 0 radical (unpaired) electrons. The molecule has 0 aromatic heterocycles. The lowest BCUT2D eigenvalue weighted by Crippen LogP contribution is -2.34. The summed E-state index contributed by atoms with van der Waals surface area (Å²) in [6.07, 6.45) is 6.10. The van der Waals surface area contributed by atoms with Crippen LogP contribution in [-0.2, 0) is 12.0 Å². The maximum Gasteiger partial charge on any atom is 0.315 e. The smallest absolute Gasteiger partial charge is 0.315 e. The largest absolute Gasteiger partial charge is 0.507 e. The minimum Gasteiger partial charge on any atom is -0.507 e. The molecule has 0 saturated heterocycles. The Morgan fingerprint density at radius 3 is 2.41 bits per heavy atom. The third kappa shape index (κ3) is 6.52. The number of nitrogens with one attached hydrogen (secondary N) is 2. The Kier molecular flexibility index (Phi) is 8.56. The van der Waals surface area contributed by atoms with E-state index in [0.717, 1.165) is 28.7 Å². The number of aromatic hydroxyl groups is 1. The standard InChI is InChI=1S/C25H36N2O2/c1-5-7-8-11-16-25(3,4)20-14-15-22(23(28)17-20)21-13-10-9-12-19(21)18-27-24(29)26-6-2/h9-10,12-15,17,28H,5-8,11,16,18H2,1-4H3,(H2,26,27,29). The number of phenolic OH excluding ortho intramolecular Hbond substituents is 1. The molecule has 2 aromatic rings. The van der Waals surface area contributed by atoms with E-state index in [2.05, 4.69) is 37.5 Å². The molecule has 0 unspecified atom stereocenters. The maximum absolute atomic E-state index is 11.7. The molecule has 4 nitrogen and oxygen atoms in total.